The van der Waals surface area contributed by atoms with Crippen molar-refractivity contribution in [2.75, 3.05) is 0 Å². The molecule has 2 heterocycles. The second-order valence-electron chi connectivity index (χ2n) is 6.02. The minimum Gasteiger partial charge on any atom is -0.311 e. The molecule has 0 aliphatic carbocycles. The third-order valence-electron chi connectivity index (χ3n) is 4.40. The van der Waals surface area contributed by atoms with Crippen LogP contribution in [0.5, 0.6) is 0 Å². The van der Waals surface area contributed by atoms with Crippen molar-refractivity contribution in [3.05, 3.63) is 29.3 Å². The predicted molar refractivity (Wildman–Crippen MR) is 79.2 cm³/mol. The molecule has 2 atom stereocenters. The largest absolute Gasteiger partial charge is 0.311 e. The minimum atomic E-state index is -3.57. The molecule has 2 fully saturated rings. The van der Waals surface area contributed by atoms with E-state index in [9.17, 15) is 8.42 Å². The maximum atomic E-state index is 12.6. The van der Waals surface area contributed by atoms with Crippen LogP contribution in [0.3, 0.4) is 0 Å². The quantitative estimate of drug-likeness (QED) is 0.885. The Kier molecular flexibility index (Phi) is 3.74. The number of aryl methyl sites for hydroxylation is 1. The molecule has 0 aromatic heterocycles. The fourth-order valence-electron chi connectivity index (χ4n) is 3.40. The Hall–Kier alpha value is -1.42. The number of fused-ring (bicyclic) bond motifs is 2. The summed E-state index contributed by atoms with van der Waals surface area (Å²) in [6.07, 6.45) is 3.94. The summed E-state index contributed by atoms with van der Waals surface area (Å²) in [6.45, 7) is 1.75. The number of benzene rings is 1. The molecule has 5 nitrogen and oxygen atoms in total. The first-order chi connectivity index (χ1) is 9.98. The Morgan fingerprint density at radius 3 is 2.57 bits per heavy atom. The van der Waals surface area contributed by atoms with E-state index in [2.05, 4.69) is 10.0 Å². The van der Waals surface area contributed by atoms with Crippen LogP contribution in [0.2, 0.25) is 0 Å². The first-order valence-corrected chi connectivity index (χ1v) is 8.75. The third kappa shape index (κ3) is 2.95. The molecule has 0 saturated carbocycles. The minimum absolute atomic E-state index is 0.0149. The van der Waals surface area contributed by atoms with E-state index in [1.807, 2.05) is 6.07 Å². The van der Waals surface area contributed by atoms with Gasteiger partial charge in [-0.25, -0.2) is 13.1 Å². The molecule has 21 heavy (non-hydrogen) atoms. The van der Waals surface area contributed by atoms with Crippen molar-refractivity contribution in [2.45, 2.75) is 55.6 Å². The zero-order valence-electron chi connectivity index (χ0n) is 12.0. The number of hydrogen-bond acceptors (Lipinski definition) is 4. The average molecular weight is 305 g/mol. The monoisotopic (exact) mass is 305 g/mol. The van der Waals surface area contributed by atoms with Gasteiger partial charge in [-0.05, 0) is 50.3 Å². The van der Waals surface area contributed by atoms with Crippen molar-refractivity contribution in [2.24, 2.45) is 0 Å². The van der Waals surface area contributed by atoms with E-state index < -0.39 is 10.0 Å². The Morgan fingerprint density at radius 1 is 1.29 bits per heavy atom. The lowest BCUT2D eigenvalue weighted by molar-refractivity contribution is 0.345. The van der Waals surface area contributed by atoms with E-state index in [1.54, 1.807) is 19.1 Å². The van der Waals surface area contributed by atoms with Gasteiger partial charge in [0.2, 0.25) is 10.0 Å². The van der Waals surface area contributed by atoms with Gasteiger partial charge in [-0.3, -0.25) is 0 Å². The van der Waals surface area contributed by atoms with Gasteiger partial charge in [0.1, 0.15) is 0 Å². The van der Waals surface area contributed by atoms with Crippen molar-refractivity contribution >= 4 is 10.0 Å². The van der Waals surface area contributed by atoms with Gasteiger partial charge >= 0.3 is 0 Å². The second-order valence-corrected chi connectivity index (χ2v) is 7.70. The summed E-state index contributed by atoms with van der Waals surface area (Å²) in [5, 5.41) is 12.4. The lowest BCUT2D eigenvalue weighted by Gasteiger charge is -2.29. The van der Waals surface area contributed by atoms with Crippen molar-refractivity contribution in [3.63, 3.8) is 0 Å². The summed E-state index contributed by atoms with van der Waals surface area (Å²) in [6, 6.07) is 7.61. The predicted octanol–water partition coefficient (Wildman–Crippen LogP) is 1.43. The highest BCUT2D eigenvalue weighted by molar-refractivity contribution is 7.89. The summed E-state index contributed by atoms with van der Waals surface area (Å²) in [4.78, 5) is 0.215. The molecule has 2 aliphatic rings. The summed E-state index contributed by atoms with van der Waals surface area (Å²) in [5.74, 6) is 0. The van der Waals surface area contributed by atoms with E-state index in [1.165, 1.54) is 6.07 Å². The average Bonchev–Trinajstić information content (AvgIpc) is 2.78. The van der Waals surface area contributed by atoms with Gasteiger partial charge in [0, 0.05) is 18.1 Å². The zero-order valence-corrected chi connectivity index (χ0v) is 12.8. The van der Waals surface area contributed by atoms with E-state index in [0.29, 0.717) is 23.2 Å². The lowest BCUT2D eigenvalue weighted by Crippen LogP contribution is -2.48. The van der Waals surface area contributed by atoms with Crippen LogP contribution in [-0.2, 0) is 10.0 Å². The molecule has 2 saturated heterocycles. The van der Waals surface area contributed by atoms with Gasteiger partial charge < -0.3 is 5.32 Å². The molecule has 3 rings (SSSR count). The summed E-state index contributed by atoms with van der Waals surface area (Å²) < 4.78 is 28.0. The van der Waals surface area contributed by atoms with Gasteiger partial charge in [0.25, 0.3) is 0 Å². The van der Waals surface area contributed by atoms with E-state index in [-0.39, 0.29) is 10.9 Å². The highest BCUT2D eigenvalue weighted by Gasteiger charge is 2.35. The molecular formula is C15H19N3O2S. The maximum absolute atomic E-state index is 12.6. The molecule has 2 bridgehead atoms. The number of nitriles is 1. The molecule has 2 aliphatic heterocycles. The maximum Gasteiger partial charge on any atom is 0.241 e. The Bertz CT molecular complexity index is 681. The Morgan fingerprint density at radius 2 is 1.95 bits per heavy atom. The van der Waals surface area contributed by atoms with Crippen LogP contribution in [0.1, 0.15) is 36.8 Å². The van der Waals surface area contributed by atoms with Gasteiger partial charge in [0.05, 0.1) is 16.5 Å². The molecule has 112 valence electrons. The molecule has 6 heteroatoms. The highest BCUT2D eigenvalue weighted by Crippen LogP contribution is 2.28. The van der Waals surface area contributed by atoms with E-state index in [0.717, 1.165) is 25.7 Å². The zero-order chi connectivity index (χ0) is 15.0. The smallest absolute Gasteiger partial charge is 0.241 e. The summed E-state index contributed by atoms with van der Waals surface area (Å²) in [7, 11) is -3.57. The van der Waals surface area contributed by atoms with Crippen LogP contribution >= 0.6 is 0 Å². The van der Waals surface area contributed by atoms with Crippen LogP contribution in [0.25, 0.3) is 0 Å². The van der Waals surface area contributed by atoms with Crippen LogP contribution in [0.4, 0.5) is 0 Å². The fourth-order valence-corrected chi connectivity index (χ4v) is 4.93. The lowest BCUT2D eigenvalue weighted by atomic mass is 10.0. The molecular weight excluding hydrogens is 286 g/mol. The SMILES string of the molecule is Cc1ccc(C#N)cc1S(=O)(=O)NC1CC2CCC(C1)N2. The molecule has 1 aromatic rings. The molecule has 2 N–H and O–H groups in total. The topological polar surface area (TPSA) is 82.0 Å². The molecule has 0 amide bonds. The molecule has 2 unspecified atom stereocenters. The van der Waals surface area contributed by atoms with Gasteiger partial charge in [-0.2, -0.15) is 5.26 Å². The van der Waals surface area contributed by atoms with Crippen LogP contribution in [0, 0.1) is 18.3 Å². The first-order valence-electron chi connectivity index (χ1n) is 7.27. The normalized spacial score (nSPS) is 28.3. The summed E-state index contributed by atoms with van der Waals surface area (Å²) >= 11 is 0. The second kappa shape index (κ2) is 5.41. The van der Waals surface area contributed by atoms with Gasteiger partial charge in [-0.15, -0.1) is 0 Å². The van der Waals surface area contributed by atoms with Crippen LogP contribution in [-0.4, -0.2) is 26.5 Å². The van der Waals surface area contributed by atoms with Crippen molar-refractivity contribution in [1.29, 1.82) is 5.26 Å². The number of nitrogens with zero attached hydrogens (tertiary/aromatic N) is 1. The van der Waals surface area contributed by atoms with E-state index >= 15 is 0 Å². The number of piperidine rings is 1. The number of rotatable bonds is 3. The third-order valence-corrected chi connectivity index (χ3v) is 6.06. The molecule has 0 spiro atoms. The van der Waals surface area contributed by atoms with Gasteiger partial charge in [0.15, 0.2) is 0 Å². The van der Waals surface area contributed by atoms with Crippen molar-refractivity contribution < 1.29 is 8.42 Å². The first kappa shape index (κ1) is 14.5. The standard InChI is InChI=1S/C15H19N3O2S/c1-10-2-3-11(9-16)6-15(10)21(19,20)18-14-7-12-4-5-13(8-14)17-12/h2-3,6,12-14,17-18H,4-5,7-8H2,1H3. The summed E-state index contributed by atoms with van der Waals surface area (Å²) in [5.41, 5.74) is 1.03. The van der Waals surface area contributed by atoms with Crippen LogP contribution in [0.15, 0.2) is 23.1 Å². The Balaban J connectivity index is 1.82. The number of nitrogens with one attached hydrogen (secondary N) is 2. The van der Waals surface area contributed by atoms with Crippen molar-refractivity contribution in [3.8, 4) is 6.07 Å². The van der Waals surface area contributed by atoms with E-state index in [4.69, 9.17) is 5.26 Å². The number of hydrogen-bond donors (Lipinski definition) is 2. The molecule has 0 radical (unpaired) electrons. The highest BCUT2D eigenvalue weighted by atomic mass is 32.2. The fraction of sp³-hybridized carbons (Fsp3) is 0.533. The van der Waals surface area contributed by atoms with Gasteiger partial charge in [-0.1, -0.05) is 6.07 Å². The molecule has 1 aromatic carbocycles. The van der Waals surface area contributed by atoms with Crippen molar-refractivity contribution in [1.82, 2.24) is 10.0 Å². The Labute approximate surface area is 125 Å². The number of sulfonamides is 1. The van der Waals surface area contributed by atoms with Crippen LogP contribution < -0.4 is 10.0 Å².